The number of carbonyl (C=O) groups excluding carboxylic acids is 2. The summed E-state index contributed by atoms with van der Waals surface area (Å²) in [5.74, 6) is -0.313. The molecule has 0 aliphatic heterocycles. The van der Waals surface area contributed by atoms with Gasteiger partial charge in [0.05, 0.1) is 12.4 Å². The van der Waals surface area contributed by atoms with Gasteiger partial charge in [-0.25, -0.2) is 10.9 Å². The predicted octanol–water partition coefficient (Wildman–Crippen LogP) is 6.98. The molecule has 2 N–H and O–H groups in total. The summed E-state index contributed by atoms with van der Waals surface area (Å²) in [7, 11) is 0. The minimum Gasteiger partial charge on any atom is -0.340 e. The van der Waals surface area contributed by atoms with Crippen LogP contribution in [-0.4, -0.2) is 33.4 Å². The molecule has 0 spiro atoms. The highest BCUT2D eigenvalue weighted by Crippen LogP contribution is 2.30. The third kappa shape index (κ3) is 5.88. The molecule has 7 aromatic rings. The molecule has 0 radical (unpaired) electrons. The zero-order valence-electron chi connectivity index (χ0n) is 25.1. The average Bonchev–Trinajstić information content (AvgIpc) is 3.59. The number of rotatable bonds is 10. The van der Waals surface area contributed by atoms with Gasteiger partial charge >= 0.3 is 0 Å². The van der Waals surface area contributed by atoms with E-state index < -0.39 is 0 Å². The minimum atomic E-state index is -0.157. The van der Waals surface area contributed by atoms with Crippen LogP contribution in [-0.2, 0) is 22.7 Å². The van der Waals surface area contributed by atoms with Gasteiger partial charge in [0.15, 0.2) is 0 Å². The number of hydrogen-bond acceptors (Lipinski definition) is 4. The van der Waals surface area contributed by atoms with Gasteiger partial charge in [-0.3, -0.25) is 9.59 Å². The first-order valence-electron chi connectivity index (χ1n) is 15.3. The average molecular weight is 605 g/mol. The Morgan fingerprint density at radius 2 is 0.783 bits per heavy atom. The number of nitrogens with one attached hydrogen (secondary N) is 2. The van der Waals surface area contributed by atoms with E-state index >= 15 is 0 Å². The summed E-state index contributed by atoms with van der Waals surface area (Å²) in [6.45, 7) is 1.11. The highest BCUT2D eigenvalue weighted by Gasteiger charge is 2.12. The topological polar surface area (TPSA) is 92.8 Å². The minimum absolute atomic E-state index is 0.157. The van der Waals surface area contributed by atoms with Gasteiger partial charge in [-0.1, -0.05) is 97.1 Å². The smallest absolute Gasteiger partial charge is 0.241 e. The molecule has 7 rings (SSSR count). The second-order valence-electron chi connectivity index (χ2n) is 11.1. The maximum Gasteiger partial charge on any atom is 0.241 e. The van der Waals surface area contributed by atoms with E-state index in [-0.39, 0.29) is 11.8 Å². The second kappa shape index (κ2) is 12.9. The van der Waals surface area contributed by atoms with Crippen molar-refractivity contribution in [1.29, 1.82) is 0 Å². The summed E-state index contributed by atoms with van der Waals surface area (Å²) >= 11 is 0. The third-order valence-corrected chi connectivity index (χ3v) is 8.23. The lowest BCUT2D eigenvalue weighted by Gasteiger charge is -2.07. The fourth-order valence-corrected chi connectivity index (χ4v) is 6.05. The number of aromatic nitrogens is 2. The van der Waals surface area contributed by atoms with Gasteiger partial charge in [-0.05, 0) is 35.4 Å². The molecule has 0 aliphatic rings. The van der Waals surface area contributed by atoms with Gasteiger partial charge < -0.3 is 9.13 Å². The molecule has 0 atom stereocenters. The number of hydrogen-bond donors (Lipinski definition) is 2. The van der Waals surface area contributed by atoms with Gasteiger partial charge in [0, 0.05) is 69.5 Å². The van der Waals surface area contributed by atoms with Crippen molar-refractivity contribution >= 4 is 67.9 Å². The fraction of sp³-hybridized carbons (Fsp3) is 0.105. The summed E-state index contributed by atoms with van der Waals surface area (Å²) in [5.41, 5.74) is 11.4. The van der Waals surface area contributed by atoms with Crippen molar-refractivity contribution in [3.8, 4) is 0 Å². The van der Waals surface area contributed by atoms with Crippen LogP contribution in [0.5, 0.6) is 0 Å². The largest absolute Gasteiger partial charge is 0.340 e. The quantitative estimate of drug-likeness (QED) is 0.130. The molecule has 2 heterocycles. The molecule has 0 aliphatic carbocycles. The maximum absolute atomic E-state index is 12.6. The first-order chi connectivity index (χ1) is 22.7. The van der Waals surface area contributed by atoms with E-state index in [2.05, 4.69) is 78.7 Å². The number of aryl methyl sites for hydroxylation is 2. The van der Waals surface area contributed by atoms with Crippen LogP contribution in [0.15, 0.2) is 132 Å². The standard InChI is InChI=1S/C38H32N6O2/c45-37(21-23-43-33-13-5-1-9-29(33)30-10-2-6-14-34(30)43)41-39-25-27-17-19-28(20-18-27)26-40-42-38(46)22-24-44-35-15-7-3-11-31(35)32-12-4-8-16-36(32)44/h1-20,25-26H,21-24H2,(H,41,45)(H,42,46). The highest BCUT2D eigenvalue weighted by molar-refractivity contribution is 6.09. The Hall–Kier alpha value is -6.02. The van der Waals surface area contributed by atoms with Crippen LogP contribution >= 0.6 is 0 Å². The molecule has 46 heavy (non-hydrogen) atoms. The number of amides is 2. The van der Waals surface area contributed by atoms with E-state index in [0.29, 0.717) is 25.9 Å². The molecule has 0 saturated carbocycles. The lowest BCUT2D eigenvalue weighted by molar-refractivity contribution is -0.122. The monoisotopic (exact) mass is 604 g/mol. The van der Waals surface area contributed by atoms with Gasteiger partial charge in [-0.15, -0.1) is 0 Å². The molecule has 2 amide bonds. The Labute approximate surface area is 265 Å². The molecule has 2 aromatic heterocycles. The zero-order chi connectivity index (χ0) is 31.3. The fourth-order valence-electron chi connectivity index (χ4n) is 6.05. The lowest BCUT2D eigenvalue weighted by Crippen LogP contribution is -2.19. The molecule has 8 nitrogen and oxygen atoms in total. The Morgan fingerprint density at radius 3 is 1.11 bits per heavy atom. The van der Waals surface area contributed by atoms with E-state index in [9.17, 15) is 9.59 Å². The van der Waals surface area contributed by atoms with E-state index in [1.807, 2.05) is 72.8 Å². The van der Waals surface area contributed by atoms with Crippen molar-refractivity contribution in [2.45, 2.75) is 25.9 Å². The van der Waals surface area contributed by atoms with Crippen LogP contribution in [0.4, 0.5) is 0 Å². The Morgan fingerprint density at radius 1 is 0.478 bits per heavy atom. The van der Waals surface area contributed by atoms with Crippen molar-refractivity contribution < 1.29 is 9.59 Å². The van der Waals surface area contributed by atoms with Crippen molar-refractivity contribution in [3.63, 3.8) is 0 Å². The molecular weight excluding hydrogens is 572 g/mol. The van der Waals surface area contributed by atoms with Crippen molar-refractivity contribution in [3.05, 3.63) is 132 Å². The number of para-hydroxylation sites is 4. The summed E-state index contributed by atoms with van der Waals surface area (Å²) < 4.78 is 4.37. The van der Waals surface area contributed by atoms with Crippen molar-refractivity contribution in [2.75, 3.05) is 0 Å². The van der Waals surface area contributed by atoms with Crippen LogP contribution in [0.2, 0.25) is 0 Å². The van der Waals surface area contributed by atoms with E-state index in [0.717, 1.165) is 33.2 Å². The molecule has 0 saturated heterocycles. The van der Waals surface area contributed by atoms with Gasteiger partial charge in [-0.2, -0.15) is 10.2 Å². The molecule has 8 heteroatoms. The van der Waals surface area contributed by atoms with E-state index in [1.165, 1.54) is 21.5 Å². The van der Waals surface area contributed by atoms with Crippen LogP contribution in [0.25, 0.3) is 43.6 Å². The molecule has 0 bridgehead atoms. The normalized spacial score (nSPS) is 11.8. The molecule has 0 fully saturated rings. The van der Waals surface area contributed by atoms with Crippen LogP contribution < -0.4 is 10.9 Å². The molecule has 5 aromatic carbocycles. The number of benzene rings is 5. The van der Waals surface area contributed by atoms with Crippen LogP contribution in [0.1, 0.15) is 24.0 Å². The predicted molar refractivity (Wildman–Crippen MR) is 186 cm³/mol. The SMILES string of the molecule is O=C(CCn1c2ccccc2c2ccccc21)NN=Cc1ccc(C=NNC(=O)CCn2c3ccccc3c3ccccc32)cc1. The first-order valence-corrected chi connectivity index (χ1v) is 15.3. The maximum atomic E-state index is 12.6. The van der Waals surface area contributed by atoms with Crippen molar-refractivity contribution in [2.24, 2.45) is 10.2 Å². The summed E-state index contributed by atoms with van der Waals surface area (Å²) in [5, 5.41) is 13.0. The van der Waals surface area contributed by atoms with E-state index in [1.54, 1.807) is 12.4 Å². The van der Waals surface area contributed by atoms with E-state index in [4.69, 9.17) is 0 Å². The van der Waals surface area contributed by atoms with Crippen LogP contribution in [0, 0.1) is 0 Å². The van der Waals surface area contributed by atoms with Gasteiger partial charge in [0.1, 0.15) is 0 Å². The second-order valence-corrected chi connectivity index (χ2v) is 11.1. The number of carbonyl (C=O) groups is 2. The Balaban J connectivity index is 0.892. The Kier molecular flexibility index (Phi) is 8.07. The highest BCUT2D eigenvalue weighted by atomic mass is 16.2. The number of hydrazone groups is 2. The molecule has 226 valence electrons. The third-order valence-electron chi connectivity index (χ3n) is 8.23. The molecular formula is C38H32N6O2. The lowest BCUT2D eigenvalue weighted by atomic mass is 10.2. The number of nitrogens with zero attached hydrogens (tertiary/aromatic N) is 4. The van der Waals surface area contributed by atoms with Gasteiger partial charge in [0.25, 0.3) is 0 Å². The van der Waals surface area contributed by atoms with Crippen molar-refractivity contribution in [1.82, 2.24) is 20.0 Å². The summed E-state index contributed by atoms with van der Waals surface area (Å²) in [6, 6.07) is 40.5. The van der Waals surface area contributed by atoms with Gasteiger partial charge in [0.2, 0.25) is 11.8 Å². The molecule has 0 unspecified atom stereocenters. The van der Waals surface area contributed by atoms with Crippen LogP contribution in [0.3, 0.4) is 0 Å². The first kappa shape index (κ1) is 28.7. The Bertz CT molecular complexity index is 1990. The summed E-state index contributed by atoms with van der Waals surface area (Å²) in [4.78, 5) is 25.1. The zero-order valence-corrected chi connectivity index (χ0v) is 25.1. The number of fused-ring (bicyclic) bond motifs is 6. The summed E-state index contributed by atoms with van der Waals surface area (Å²) in [6.07, 6.45) is 3.82.